The number of hydroxylamine groups is 2. The molecule has 1 aliphatic rings. The van der Waals surface area contributed by atoms with Gasteiger partial charge in [-0.25, -0.2) is 9.86 Å². The first kappa shape index (κ1) is 35.8. The highest BCUT2D eigenvalue weighted by atomic mass is 35.5. The fourth-order valence-electron chi connectivity index (χ4n) is 5.64. The minimum absolute atomic E-state index is 0.0115. The van der Waals surface area contributed by atoms with E-state index in [-0.39, 0.29) is 37.2 Å². The minimum atomic E-state index is -1.04. The van der Waals surface area contributed by atoms with Gasteiger partial charge >= 0.3 is 6.09 Å². The molecule has 4 amide bonds. The Hall–Kier alpha value is -3.63. The second-order valence-electron chi connectivity index (χ2n) is 11.8. The van der Waals surface area contributed by atoms with E-state index in [4.69, 9.17) is 21.2 Å². The lowest BCUT2D eigenvalue weighted by molar-refractivity contribution is -0.172. The molecule has 1 unspecified atom stereocenters. The van der Waals surface area contributed by atoms with E-state index in [1.54, 1.807) is 36.2 Å². The summed E-state index contributed by atoms with van der Waals surface area (Å²) < 4.78 is 5.40. The van der Waals surface area contributed by atoms with Crippen LogP contribution in [0.2, 0.25) is 5.02 Å². The first-order valence-electron chi connectivity index (χ1n) is 15.7. The number of ether oxygens (including phenoxy) is 1. The lowest BCUT2D eigenvalue weighted by Gasteiger charge is -2.29. The highest BCUT2D eigenvalue weighted by Crippen LogP contribution is 2.27. The zero-order valence-corrected chi connectivity index (χ0v) is 27.6. The highest BCUT2D eigenvalue weighted by Gasteiger charge is 2.32. The summed E-state index contributed by atoms with van der Waals surface area (Å²) in [7, 11) is 4.53. The average Bonchev–Trinajstić information content (AvgIpc) is 3.05. The Balaban J connectivity index is 1.66. The Morgan fingerprint density at radius 3 is 2.33 bits per heavy atom. The second kappa shape index (κ2) is 18.4. The molecule has 1 aliphatic carbocycles. The van der Waals surface area contributed by atoms with Gasteiger partial charge in [0.15, 0.2) is 0 Å². The summed E-state index contributed by atoms with van der Waals surface area (Å²) in [6.45, 7) is 2.55. The molecule has 3 rings (SSSR count). The fourth-order valence-corrected chi connectivity index (χ4v) is 5.86. The summed E-state index contributed by atoms with van der Waals surface area (Å²) in [4.78, 5) is 59.5. The van der Waals surface area contributed by atoms with Gasteiger partial charge in [0.05, 0.1) is 7.11 Å². The molecule has 2 N–H and O–H groups in total. The van der Waals surface area contributed by atoms with Gasteiger partial charge in [0.2, 0.25) is 11.8 Å². The van der Waals surface area contributed by atoms with Crippen molar-refractivity contribution in [2.45, 2.75) is 82.9 Å². The number of carbonyl (C=O) groups is 4. The zero-order chi connectivity index (χ0) is 32.8. The van der Waals surface area contributed by atoms with Crippen LogP contribution < -0.4 is 10.6 Å². The normalized spacial score (nSPS) is 15.3. The monoisotopic (exact) mass is 642 g/mol. The van der Waals surface area contributed by atoms with Crippen molar-refractivity contribution in [2.24, 2.45) is 5.92 Å². The molecule has 1 fully saturated rings. The van der Waals surface area contributed by atoms with Gasteiger partial charge in [0.1, 0.15) is 18.7 Å². The highest BCUT2D eigenvalue weighted by molar-refractivity contribution is 6.30. The van der Waals surface area contributed by atoms with Crippen LogP contribution in [0, 0.1) is 5.92 Å². The maximum absolute atomic E-state index is 13.7. The van der Waals surface area contributed by atoms with E-state index in [0.717, 1.165) is 42.7 Å². The number of carbonyl (C=O) groups excluding carboxylic acids is 4. The summed E-state index contributed by atoms with van der Waals surface area (Å²) in [5.41, 5.74) is 1.84. The summed E-state index contributed by atoms with van der Waals surface area (Å²) in [5.74, 6) is -0.783. The van der Waals surface area contributed by atoms with Gasteiger partial charge in [-0.2, -0.15) is 0 Å². The summed E-state index contributed by atoms with van der Waals surface area (Å²) in [6, 6.07) is 15.0. The van der Waals surface area contributed by atoms with Crippen molar-refractivity contribution < 1.29 is 28.8 Å². The molecule has 0 heterocycles. The zero-order valence-electron chi connectivity index (χ0n) is 26.8. The summed E-state index contributed by atoms with van der Waals surface area (Å²) in [6.07, 6.45) is 4.97. The first-order chi connectivity index (χ1) is 21.6. The average molecular weight is 643 g/mol. The number of benzene rings is 2. The van der Waals surface area contributed by atoms with Crippen LogP contribution >= 0.6 is 11.6 Å². The van der Waals surface area contributed by atoms with E-state index in [0.29, 0.717) is 23.6 Å². The lowest BCUT2D eigenvalue weighted by Crippen LogP contribution is -2.54. The van der Waals surface area contributed by atoms with Crippen molar-refractivity contribution in [1.29, 1.82) is 0 Å². The largest absolute Gasteiger partial charge is 0.445 e. The number of amides is 4. The topological polar surface area (TPSA) is 117 Å². The number of hydrogen-bond donors (Lipinski definition) is 2. The van der Waals surface area contributed by atoms with Crippen LogP contribution in [0.4, 0.5) is 4.79 Å². The molecule has 10 nitrogen and oxygen atoms in total. The standard InChI is InChI=1S/C34H47ClN4O6/c1-24(27-15-9-6-10-16-27)22-38(2)31(40)19-18-29(33(42)39(3)44-4)36-32(41)30(21-25-12-7-5-8-13-25)37-34(43)45-23-26-14-11-17-28(35)20-26/h6,9-11,14-17,20,24-25,29-30H,5,7-8,12-13,18-19,21-23H2,1-4H3,(H,36,41)(H,37,43)/t24?,29-,30-/m1/s1. The van der Waals surface area contributed by atoms with Crippen LogP contribution in [0.3, 0.4) is 0 Å². The first-order valence-corrected chi connectivity index (χ1v) is 16.0. The molecule has 45 heavy (non-hydrogen) atoms. The van der Waals surface area contributed by atoms with Crippen molar-refractivity contribution >= 4 is 35.4 Å². The van der Waals surface area contributed by atoms with E-state index < -0.39 is 30.0 Å². The minimum Gasteiger partial charge on any atom is -0.445 e. The number of rotatable bonds is 15. The van der Waals surface area contributed by atoms with Crippen LogP contribution in [0.15, 0.2) is 54.6 Å². The Bertz CT molecular complexity index is 1260. The quantitative estimate of drug-likeness (QED) is 0.250. The molecule has 3 atom stereocenters. The van der Waals surface area contributed by atoms with Gasteiger partial charge in [0.25, 0.3) is 5.91 Å². The van der Waals surface area contributed by atoms with E-state index in [2.05, 4.69) is 17.6 Å². The molecule has 246 valence electrons. The van der Waals surface area contributed by atoms with Gasteiger partial charge in [-0.1, -0.05) is 93.1 Å². The smallest absolute Gasteiger partial charge is 0.408 e. The summed E-state index contributed by atoms with van der Waals surface area (Å²) in [5, 5.41) is 7.07. The van der Waals surface area contributed by atoms with E-state index in [1.807, 2.05) is 30.3 Å². The van der Waals surface area contributed by atoms with Crippen molar-refractivity contribution in [1.82, 2.24) is 20.6 Å². The van der Waals surface area contributed by atoms with Gasteiger partial charge < -0.3 is 20.3 Å². The van der Waals surface area contributed by atoms with Crippen LogP contribution in [-0.4, -0.2) is 73.6 Å². The molecule has 0 radical (unpaired) electrons. The molecular formula is C34H47ClN4O6. The lowest BCUT2D eigenvalue weighted by atomic mass is 9.84. The van der Waals surface area contributed by atoms with Crippen molar-refractivity contribution in [3.05, 3.63) is 70.7 Å². The second-order valence-corrected chi connectivity index (χ2v) is 12.3. The number of halogens is 1. The maximum atomic E-state index is 13.7. The molecule has 0 aromatic heterocycles. The number of hydrogen-bond acceptors (Lipinski definition) is 6. The molecule has 11 heteroatoms. The number of likely N-dealkylation sites (N-methyl/N-ethyl adjacent to an activating group) is 2. The van der Waals surface area contributed by atoms with Crippen LogP contribution in [-0.2, 0) is 30.6 Å². The van der Waals surface area contributed by atoms with Crippen molar-refractivity contribution in [2.75, 3.05) is 27.7 Å². The van der Waals surface area contributed by atoms with E-state index >= 15 is 0 Å². The SMILES string of the molecule is CON(C)C(=O)[C@@H](CCC(=O)N(C)CC(C)c1ccccc1)NC(=O)[C@@H](CC1CCCCC1)NC(=O)OCc1cccc(Cl)c1. The Morgan fingerprint density at radius 1 is 0.956 bits per heavy atom. The molecule has 2 aromatic carbocycles. The Kier molecular flexibility index (Phi) is 14.6. The van der Waals surface area contributed by atoms with Crippen molar-refractivity contribution in [3.8, 4) is 0 Å². The Labute approximate surface area is 271 Å². The molecule has 2 aromatic rings. The number of nitrogens with zero attached hydrogens (tertiary/aromatic N) is 2. The molecular weight excluding hydrogens is 596 g/mol. The molecule has 0 aliphatic heterocycles. The third kappa shape index (κ3) is 12.0. The van der Waals surface area contributed by atoms with E-state index in [1.165, 1.54) is 14.2 Å². The van der Waals surface area contributed by atoms with Gasteiger partial charge in [-0.15, -0.1) is 0 Å². The van der Waals surface area contributed by atoms with Gasteiger partial charge in [-0.3, -0.25) is 19.2 Å². The predicted octanol–water partition coefficient (Wildman–Crippen LogP) is 5.45. The fraction of sp³-hybridized carbons (Fsp3) is 0.529. The maximum Gasteiger partial charge on any atom is 0.408 e. The molecule has 0 bridgehead atoms. The molecule has 0 spiro atoms. The Morgan fingerprint density at radius 2 is 1.67 bits per heavy atom. The third-order valence-corrected chi connectivity index (χ3v) is 8.58. The van der Waals surface area contributed by atoms with E-state index in [9.17, 15) is 19.2 Å². The predicted molar refractivity (Wildman–Crippen MR) is 173 cm³/mol. The number of nitrogens with one attached hydrogen (secondary N) is 2. The third-order valence-electron chi connectivity index (χ3n) is 8.35. The van der Waals surface area contributed by atoms with Crippen LogP contribution in [0.1, 0.15) is 75.3 Å². The van der Waals surface area contributed by atoms with Crippen LogP contribution in [0.5, 0.6) is 0 Å². The van der Waals surface area contributed by atoms with Gasteiger partial charge in [0, 0.05) is 32.1 Å². The van der Waals surface area contributed by atoms with Crippen molar-refractivity contribution in [3.63, 3.8) is 0 Å². The number of alkyl carbamates (subject to hydrolysis) is 1. The van der Waals surface area contributed by atoms with Gasteiger partial charge in [-0.05, 0) is 47.9 Å². The summed E-state index contributed by atoms with van der Waals surface area (Å²) >= 11 is 6.04. The van der Waals surface area contributed by atoms with Crippen LogP contribution in [0.25, 0.3) is 0 Å². The molecule has 0 saturated heterocycles. The molecule has 1 saturated carbocycles.